The van der Waals surface area contributed by atoms with Gasteiger partial charge in [-0.3, -0.25) is 4.79 Å². The summed E-state index contributed by atoms with van der Waals surface area (Å²) in [7, 11) is 1.66. The van der Waals surface area contributed by atoms with Gasteiger partial charge < -0.3 is 9.47 Å². The number of carbonyl (C=O) groups excluding carboxylic acids is 1. The zero-order valence-electron chi connectivity index (χ0n) is 8.21. The summed E-state index contributed by atoms with van der Waals surface area (Å²) in [6, 6.07) is 0. The third kappa shape index (κ3) is 1.30. The second kappa shape index (κ2) is 3.07. The second-order valence-electron chi connectivity index (χ2n) is 4.20. The van der Waals surface area contributed by atoms with Gasteiger partial charge in [0, 0.05) is 26.1 Å². The van der Waals surface area contributed by atoms with Crippen molar-refractivity contribution in [3.05, 3.63) is 0 Å². The lowest BCUT2D eigenvalue weighted by Gasteiger charge is -2.34. The van der Waals surface area contributed by atoms with Gasteiger partial charge in [-0.1, -0.05) is 0 Å². The molecule has 0 radical (unpaired) electrons. The molecule has 13 heavy (non-hydrogen) atoms. The first-order valence-electron chi connectivity index (χ1n) is 4.87. The van der Waals surface area contributed by atoms with Crippen LogP contribution in [0.5, 0.6) is 0 Å². The number of hydrogen-bond acceptors (Lipinski definition) is 3. The second-order valence-corrected chi connectivity index (χ2v) is 4.20. The van der Waals surface area contributed by atoms with Crippen LogP contribution in [0.2, 0.25) is 0 Å². The fraction of sp³-hybridized carbons (Fsp3) is 0.900. The molecule has 0 aromatic carbocycles. The van der Waals surface area contributed by atoms with Crippen molar-refractivity contribution < 1.29 is 14.3 Å². The minimum Gasteiger partial charge on any atom is -0.375 e. The maximum atomic E-state index is 11.6. The molecule has 2 fully saturated rings. The van der Waals surface area contributed by atoms with Crippen molar-refractivity contribution in [2.75, 3.05) is 13.7 Å². The minimum absolute atomic E-state index is 0.00116. The fourth-order valence-corrected chi connectivity index (χ4v) is 2.48. The van der Waals surface area contributed by atoms with Gasteiger partial charge in [-0.25, -0.2) is 0 Å². The van der Waals surface area contributed by atoms with Crippen molar-refractivity contribution in [2.45, 2.75) is 37.9 Å². The Morgan fingerprint density at radius 1 is 1.62 bits per heavy atom. The topological polar surface area (TPSA) is 35.5 Å². The highest BCUT2D eigenvalue weighted by Gasteiger charge is 2.52. The molecule has 0 amide bonds. The Hall–Kier alpha value is -0.410. The number of methoxy groups -OCH3 is 1. The monoisotopic (exact) mass is 184 g/mol. The molecule has 0 bridgehead atoms. The lowest BCUT2D eigenvalue weighted by Crippen LogP contribution is -2.43. The summed E-state index contributed by atoms with van der Waals surface area (Å²) in [5.41, 5.74) is -0.373. The smallest absolute Gasteiger partial charge is 0.141 e. The summed E-state index contributed by atoms with van der Waals surface area (Å²) in [6.45, 7) is 2.74. The SMILES string of the molecule is CO[C@@]1(C)CC(=O)[C@@H]2CCCO[C@@H]21. The van der Waals surface area contributed by atoms with Gasteiger partial charge in [0.1, 0.15) is 5.78 Å². The van der Waals surface area contributed by atoms with E-state index in [1.54, 1.807) is 7.11 Å². The van der Waals surface area contributed by atoms with Gasteiger partial charge in [-0.05, 0) is 19.8 Å². The molecule has 3 atom stereocenters. The van der Waals surface area contributed by atoms with Crippen LogP contribution in [0.25, 0.3) is 0 Å². The normalized spacial score (nSPS) is 44.9. The van der Waals surface area contributed by atoms with Crippen LogP contribution < -0.4 is 0 Å². The van der Waals surface area contributed by atoms with E-state index in [2.05, 4.69) is 0 Å². The number of hydrogen-bond donors (Lipinski definition) is 0. The van der Waals surface area contributed by atoms with E-state index in [4.69, 9.17) is 9.47 Å². The van der Waals surface area contributed by atoms with Crippen molar-refractivity contribution in [2.24, 2.45) is 5.92 Å². The van der Waals surface area contributed by atoms with Gasteiger partial charge in [0.05, 0.1) is 11.7 Å². The van der Waals surface area contributed by atoms with Crippen molar-refractivity contribution in [3.63, 3.8) is 0 Å². The summed E-state index contributed by atoms with van der Waals surface area (Å²) in [5.74, 6) is 0.410. The standard InChI is InChI=1S/C10H16O3/c1-10(12-2)6-8(11)7-4-3-5-13-9(7)10/h7,9H,3-6H2,1-2H3/t7-,9-,10-/m0/s1. The van der Waals surface area contributed by atoms with Crippen LogP contribution in [0.4, 0.5) is 0 Å². The first-order chi connectivity index (χ1) is 6.17. The third-order valence-corrected chi connectivity index (χ3v) is 3.33. The molecule has 3 heteroatoms. The molecular weight excluding hydrogens is 168 g/mol. The van der Waals surface area contributed by atoms with E-state index in [-0.39, 0.29) is 17.6 Å². The molecule has 0 unspecified atom stereocenters. The zero-order chi connectivity index (χ0) is 9.47. The number of Topliss-reactive ketones (excluding diaryl/α,β-unsaturated/α-hetero) is 1. The van der Waals surface area contributed by atoms with E-state index >= 15 is 0 Å². The van der Waals surface area contributed by atoms with Crippen LogP contribution in [0.3, 0.4) is 0 Å². The number of ketones is 1. The Morgan fingerprint density at radius 3 is 3.08 bits per heavy atom. The van der Waals surface area contributed by atoms with E-state index in [1.807, 2.05) is 6.92 Å². The van der Waals surface area contributed by atoms with E-state index in [0.29, 0.717) is 12.2 Å². The third-order valence-electron chi connectivity index (χ3n) is 3.33. The van der Waals surface area contributed by atoms with Gasteiger partial charge in [0.25, 0.3) is 0 Å². The Bertz CT molecular complexity index is 226. The number of rotatable bonds is 1. The van der Waals surface area contributed by atoms with Gasteiger partial charge in [0.15, 0.2) is 0 Å². The van der Waals surface area contributed by atoms with Crippen molar-refractivity contribution >= 4 is 5.78 Å². The lowest BCUT2D eigenvalue weighted by molar-refractivity contribution is -0.134. The molecule has 2 aliphatic rings. The zero-order valence-corrected chi connectivity index (χ0v) is 8.21. The van der Waals surface area contributed by atoms with Crippen LogP contribution in [0.15, 0.2) is 0 Å². The van der Waals surface area contributed by atoms with Crippen LogP contribution in [-0.4, -0.2) is 31.2 Å². The predicted molar refractivity (Wildman–Crippen MR) is 47.5 cm³/mol. The van der Waals surface area contributed by atoms with Gasteiger partial charge >= 0.3 is 0 Å². The molecule has 1 saturated carbocycles. The molecule has 1 aliphatic heterocycles. The molecule has 3 nitrogen and oxygen atoms in total. The summed E-state index contributed by atoms with van der Waals surface area (Å²) >= 11 is 0. The maximum Gasteiger partial charge on any atom is 0.141 e. The first kappa shape index (κ1) is 9.16. The molecule has 1 aliphatic carbocycles. The number of ether oxygens (including phenoxy) is 2. The highest BCUT2D eigenvalue weighted by atomic mass is 16.5. The van der Waals surface area contributed by atoms with Crippen LogP contribution in [0, 0.1) is 5.92 Å². The molecule has 0 aromatic rings. The largest absolute Gasteiger partial charge is 0.375 e. The van der Waals surface area contributed by atoms with E-state index in [0.717, 1.165) is 19.4 Å². The summed E-state index contributed by atoms with van der Waals surface area (Å²) < 4.78 is 11.0. The molecule has 1 heterocycles. The van der Waals surface area contributed by atoms with Crippen LogP contribution >= 0.6 is 0 Å². The first-order valence-corrected chi connectivity index (χ1v) is 4.87. The minimum atomic E-state index is -0.373. The average Bonchev–Trinajstić information content (AvgIpc) is 2.42. The molecule has 2 rings (SSSR count). The molecular formula is C10H16O3. The summed E-state index contributed by atoms with van der Waals surface area (Å²) in [5, 5.41) is 0. The molecule has 0 aromatic heterocycles. The highest BCUT2D eigenvalue weighted by molar-refractivity contribution is 5.85. The Kier molecular flexibility index (Phi) is 2.16. The van der Waals surface area contributed by atoms with Crippen LogP contribution in [-0.2, 0) is 14.3 Å². The molecule has 0 spiro atoms. The van der Waals surface area contributed by atoms with Crippen LogP contribution in [0.1, 0.15) is 26.2 Å². The van der Waals surface area contributed by atoms with E-state index < -0.39 is 0 Å². The van der Waals surface area contributed by atoms with E-state index in [9.17, 15) is 4.79 Å². The maximum absolute atomic E-state index is 11.6. The lowest BCUT2D eigenvalue weighted by atomic mass is 9.92. The fourth-order valence-electron chi connectivity index (χ4n) is 2.48. The Morgan fingerprint density at radius 2 is 2.38 bits per heavy atom. The molecule has 0 N–H and O–H groups in total. The van der Waals surface area contributed by atoms with Crippen molar-refractivity contribution in [1.29, 1.82) is 0 Å². The van der Waals surface area contributed by atoms with Gasteiger partial charge in [-0.15, -0.1) is 0 Å². The van der Waals surface area contributed by atoms with Gasteiger partial charge in [-0.2, -0.15) is 0 Å². The highest BCUT2D eigenvalue weighted by Crippen LogP contribution is 2.41. The molecule has 1 saturated heterocycles. The quantitative estimate of drug-likeness (QED) is 0.613. The van der Waals surface area contributed by atoms with E-state index in [1.165, 1.54) is 0 Å². The van der Waals surface area contributed by atoms with Crippen molar-refractivity contribution in [3.8, 4) is 0 Å². The number of carbonyl (C=O) groups is 1. The molecule has 74 valence electrons. The summed E-state index contributed by atoms with van der Waals surface area (Å²) in [6.07, 6.45) is 2.49. The predicted octanol–water partition coefficient (Wildman–Crippen LogP) is 1.16. The average molecular weight is 184 g/mol. The summed E-state index contributed by atoms with van der Waals surface area (Å²) in [4.78, 5) is 11.6. The van der Waals surface area contributed by atoms with Gasteiger partial charge in [0.2, 0.25) is 0 Å². The number of fused-ring (bicyclic) bond motifs is 1. The Balaban J connectivity index is 2.22. The van der Waals surface area contributed by atoms with Crippen molar-refractivity contribution in [1.82, 2.24) is 0 Å². The Labute approximate surface area is 78.4 Å².